The van der Waals surface area contributed by atoms with Crippen LogP contribution in [-0.4, -0.2) is 23.5 Å². The highest BCUT2D eigenvalue weighted by Gasteiger charge is 2.12. The topological polar surface area (TPSA) is 63.3 Å². The van der Waals surface area contributed by atoms with Gasteiger partial charge in [0.15, 0.2) is 5.78 Å². The van der Waals surface area contributed by atoms with E-state index in [1.165, 1.54) is 0 Å². The van der Waals surface area contributed by atoms with E-state index in [2.05, 4.69) is 0 Å². The van der Waals surface area contributed by atoms with Crippen LogP contribution in [0.4, 0.5) is 0 Å². The molecule has 0 aromatic heterocycles. The average molecular weight is 145 g/mol. The lowest BCUT2D eigenvalue weighted by Crippen LogP contribution is -2.33. The van der Waals surface area contributed by atoms with E-state index in [9.17, 15) is 4.79 Å². The Labute approximate surface area is 61.2 Å². The minimum atomic E-state index is -0.481. The predicted molar refractivity (Wildman–Crippen MR) is 39.5 cm³/mol. The second kappa shape index (κ2) is 4.41. The predicted octanol–water partition coefficient (Wildman–Crippen LogP) is -0.0788. The molecule has 0 radical (unpaired) electrons. The third kappa shape index (κ3) is 3.58. The van der Waals surface area contributed by atoms with Crippen molar-refractivity contribution in [3.05, 3.63) is 0 Å². The van der Waals surface area contributed by atoms with E-state index in [4.69, 9.17) is 10.8 Å². The normalized spacial score (nSPS) is 13.7. The van der Waals surface area contributed by atoms with Crippen LogP contribution in [0.2, 0.25) is 0 Å². The molecule has 0 aromatic rings. The number of ketones is 1. The van der Waals surface area contributed by atoms with Gasteiger partial charge < -0.3 is 10.8 Å². The molecule has 0 unspecified atom stereocenters. The largest absolute Gasteiger partial charge is 0.389 e. The number of aliphatic hydroxyl groups is 1. The third-order valence-electron chi connectivity index (χ3n) is 1.29. The Bertz CT molecular complexity index is 112. The molecule has 60 valence electrons. The number of hydrogen-bond acceptors (Lipinski definition) is 3. The van der Waals surface area contributed by atoms with Crippen LogP contribution in [0.25, 0.3) is 0 Å². The standard InChI is InChI=1S/C7H15NO2/c1-5(2)3-6(8)7(10)4-9/h5-6,9H,3-4,8H2,1-2H3/t6-/m1/s1. The molecule has 3 N–H and O–H groups in total. The molecule has 0 aromatic carbocycles. The van der Waals surface area contributed by atoms with Crippen molar-refractivity contribution in [3.63, 3.8) is 0 Å². The van der Waals surface area contributed by atoms with Gasteiger partial charge in [-0.1, -0.05) is 13.8 Å². The first kappa shape index (κ1) is 9.59. The maximum Gasteiger partial charge on any atom is 0.174 e. The molecule has 3 nitrogen and oxygen atoms in total. The zero-order valence-corrected chi connectivity index (χ0v) is 6.50. The summed E-state index contributed by atoms with van der Waals surface area (Å²) in [6, 6.07) is -0.481. The summed E-state index contributed by atoms with van der Waals surface area (Å²) in [4.78, 5) is 10.7. The SMILES string of the molecule is CC(C)C[C@@H](N)C(=O)CO. The van der Waals surface area contributed by atoms with Crippen LogP contribution < -0.4 is 5.73 Å². The molecule has 0 fully saturated rings. The van der Waals surface area contributed by atoms with Crippen molar-refractivity contribution in [3.8, 4) is 0 Å². The summed E-state index contributed by atoms with van der Waals surface area (Å²) in [6.45, 7) is 3.54. The van der Waals surface area contributed by atoms with Gasteiger partial charge in [0.25, 0.3) is 0 Å². The number of carbonyl (C=O) groups is 1. The van der Waals surface area contributed by atoms with Gasteiger partial charge in [-0.25, -0.2) is 0 Å². The summed E-state index contributed by atoms with van der Waals surface area (Å²) >= 11 is 0. The van der Waals surface area contributed by atoms with Gasteiger partial charge in [-0.3, -0.25) is 4.79 Å². The van der Waals surface area contributed by atoms with E-state index in [0.717, 1.165) is 0 Å². The van der Waals surface area contributed by atoms with E-state index >= 15 is 0 Å². The van der Waals surface area contributed by atoms with E-state index in [-0.39, 0.29) is 5.78 Å². The fourth-order valence-corrected chi connectivity index (χ4v) is 0.757. The second-order valence-corrected chi connectivity index (χ2v) is 2.86. The quantitative estimate of drug-likeness (QED) is 0.581. The number of Topliss-reactive ketones (excluding diaryl/α,β-unsaturated/α-hetero) is 1. The Hall–Kier alpha value is -0.410. The average Bonchev–Trinajstić information content (AvgIpc) is 1.85. The second-order valence-electron chi connectivity index (χ2n) is 2.86. The highest BCUT2D eigenvalue weighted by Crippen LogP contribution is 2.02. The first-order chi connectivity index (χ1) is 4.57. The first-order valence-electron chi connectivity index (χ1n) is 3.47. The van der Waals surface area contributed by atoms with Crippen LogP contribution in [0, 0.1) is 5.92 Å². The number of hydrogen-bond donors (Lipinski definition) is 2. The Morgan fingerprint density at radius 3 is 2.40 bits per heavy atom. The molecule has 10 heavy (non-hydrogen) atoms. The lowest BCUT2D eigenvalue weighted by Gasteiger charge is -2.10. The Morgan fingerprint density at radius 1 is 1.60 bits per heavy atom. The molecule has 0 aliphatic rings. The molecule has 0 heterocycles. The Kier molecular flexibility index (Phi) is 4.23. The van der Waals surface area contributed by atoms with Crippen molar-refractivity contribution in [1.29, 1.82) is 0 Å². The number of rotatable bonds is 4. The van der Waals surface area contributed by atoms with E-state index in [1.807, 2.05) is 13.8 Å². The molecular weight excluding hydrogens is 130 g/mol. The smallest absolute Gasteiger partial charge is 0.174 e. The van der Waals surface area contributed by atoms with Gasteiger partial charge in [0, 0.05) is 0 Å². The van der Waals surface area contributed by atoms with Gasteiger partial charge in [-0.05, 0) is 12.3 Å². The molecule has 0 aliphatic heterocycles. The van der Waals surface area contributed by atoms with E-state index in [1.54, 1.807) is 0 Å². The molecule has 0 aliphatic carbocycles. The number of carbonyl (C=O) groups excluding carboxylic acids is 1. The maximum absolute atomic E-state index is 10.7. The molecule has 0 rings (SSSR count). The monoisotopic (exact) mass is 145 g/mol. The van der Waals surface area contributed by atoms with Crippen LogP contribution in [0.3, 0.4) is 0 Å². The summed E-state index contributed by atoms with van der Waals surface area (Å²) in [5.41, 5.74) is 5.42. The van der Waals surface area contributed by atoms with Crippen molar-refractivity contribution >= 4 is 5.78 Å². The summed E-state index contributed by atoms with van der Waals surface area (Å²) in [5.74, 6) is 0.138. The van der Waals surface area contributed by atoms with Crippen molar-refractivity contribution in [2.45, 2.75) is 26.3 Å². The van der Waals surface area contributed by atoms with Crippen molar-refractivity contribution in [2.75, 3.05) is 6.61 Å². The molecule has 0 saturated heterocycles. The summed E-state index contributed by atoms with van der Waals surface area (Å²) < 4.78 is 0. The summed E-state index contributed by atoms with van der Waals surface area (Å²) in [7, 11) is 0. The molecule has 0 amide bonds. The van der Waals surface area contributed by atoms with Crippen LogP contribution in [0.5, 0.6) is 0 Å². The molecular formula is C7H15NO2. The van der Waals surface area contributed by atoms with Crippen LogP contribution >= 0.6 is 0 Å². The molecule has 0 spiro atoms. The van der Waals surface area contributed by atoms with E-state index < -0.39 is 12.6 Å². The Morgan fingerprint density at radius 2 is 2.10 bits per heavy atom. The van der Waals surface area contributed by atoms with Crippen LogP contribution in [0.15, 0.2) is 0 Å². The molecule has 0 saturated carbocycles. The van der Waals surface area contributed by atoms with Crippen LogP contribution in [0.1, 0.15) is 20.3 Å². The maximum atomic E-state index is 10.7. The lowest BCUT2D eigenvalue weighted by atomic mass is 10.0. The van der Waals surface area contributed by atoms with Gasteiger partial charge in [-0.15, -0.1) is 0 Å². The van der Waals surface area contributed by atoms with Crippen LogP contribution in [-0.2, 0) is 4.79 Å². The highest BCUT2D eigenvalue weighted by molar-refractivity contribution is 5.84. The van der Waals surface area contributed by atoms with Crippen molar-refractivity contribution < 1.29 is 9.90 Å². The summed E-state index contributed by atoms with van der Waals surface area (Å²) in [5, 5.41) is 8.39. The fourth-order valence-electron chi connectivity index (χ4n) is 0.757. The minimum Gasteiger partial charge on any atom is -0.389 e. The number of nitrogens with two attached hydrogens (primary N) is 1. The van der Waals surface area contributed by atoms with Gasteiger partial charge in [0.05, 0.1) is 6.04 Å². The van der Waals surface area contributed by atoms with Crippen molar-refractivity contribution in [2.24, 2.45) is 11.7 Å². The van der Waals surface area contributed by atoms with Crippen molar-refractivity contribution in [1.82, 2.24) is 0 Å². The fraction of sp³-hybridized carbons (Fsp3) is 0.857. The lowest BCUT2D eigenvalue weighted by molar-refractivity contribution is -0.123. The molecule has 3 heteroatoms. The third-order valence-corrected chi connectivity index (χ3v) is 1.29. The summed E-state index contributed by atoms with van der Waals surface area (Å²) in [6.07, 6.45) is 0.652. The Balaban J connectivity index is 3.61. The zero-order valence-electron chi connectivity index (χ0n) is 6.50. The number of aliphatic hydroxyl groups excluding tert-OH is 1. The molecule has 1 atom stereocenters. The van der Waals surface area contributed by atoms with Gasteiger partial charge >= 0.3 is 0 Å². The molecule has 0 bridgehead atoms. The van der Waals surface area contributed by atoms with Gasteiger partial charge in [0.2, 0.25) is 0 Å². The minimum absolute atomic E-state index is 0.270. The van der Waals surface area contributed by atoms with Gasteiger partial charge in [-0.2, -0.15) is 0 Å². The first-order valence-corrected chi connectivity index (χ1v) is 3.47. The highest BCUT2D eigenvalue weighted by atomic mass is 16.3. The van der Waals surface area contributed by atoms with Gasteiger partial charge in [0.1, 0.15) is 6.61 Å². The zero-order chi connectivity index (χ0) is 8.15. The van der Waals surface area contributed by atoms with E-state index in [0.29, 0.717) is 12.3 Å².